The number of hydrogen-bond donors (Lipinski definition) is 2. The Bertz CT molecular complexity index is 1960. The summed E-state index contributed by atoms with van der Waals surface area (Å²) in [5.41, 5.74) is 0.113. The van der Waals surface area contributed by atoms with Crippen molar-refractivity contribution in [3.05, 3.63) is 111 Å². The van der Waals surface area contributed by atoms with Crippen LogP contribution >= 0.6 is 23.2 Å². The van der Waals surface area contributed by atoms with E-state index in [9.17, 15) is 22.8 Å². The van der Waals surface area contributed by atoms with Gasteiger partial charge in [0, 0.05) is 17.6 Å². The van der Waals surface area contributed by atoms with Crippen LogP contribution in [0.5, 0.6) is 5.75 Å². The number of pyridine rings is 1. The second kappa shape index (κ2) is 12.1. The molecule has 0 radical (unpaired) electrons. The van der Waals surface area contributed by atoms with E-state index in [0.29, 0.717) is 33.7 Å². The summed E-state index contributed by atoms with van der Waals surface area (Å²) in [6, 6.07) is 17.4. The molecule has 0 spiro atoms. The van der Waals surface area contributed by atoms with E-state index in [4.69, 9.17) is 27.9 Å². The molecule has 230 valence electrons. The molecule has 2 N–H and O–H groups in total. The molecule has 0 bridgehead atoms. The highest BCUT2D eigenvalue weighted by Crippen LogP contribution is 2.38. The maximum absolute atomic E-state index is 13.9. The van der Waals surface area contributed by atoms with Gasteiger partial charge in [-0.05, 0) is 66.1 Å². The van der Waals surface area contributed by atoms with E-state index in [0.717, 1.165) is 24.0 Å². The third kappa shape index (κ3) is 5.93. The van der Waals surface area contributed by atoms with Crippen LogP contribution in [0.3, 0.4) is 0 Å². The lowest BCUT2D eigenvalue weighted by atomic mass is 9.87. The lowest BCUT2D eigenvalue weighted by Gasteiger charge is -2.27. The van der Waals surface area contributed by atoms with Gasteiger partial charge in [-0.15, -0.1) is 0 Å². The molecular formula is C32H24Cl2F3N5O3. The Kier molecular flexibility index (Phi) is 8.15. The van der Waals surface area contributed by atoms with Gasteiger partial charge in [-0.1, -0.05) is 53.5 Å². The van der Waals surface area contributed by atoms with E-state index in [1.165, 1.54) is 18.3 Å². The number of fused-ring (bicyclic) bond motifs is 2. The van der Waals surface area contributed by atoms with E-state index < -0.39 is 29.4 Å². The Labute approximate surface area is 265 Å². The quantitative estimate of drug-likeness (QED) is 0.195. The highest BCUT2D eigenvalue weighted by molar-refractivity contribution is 6.40. The van der Waals surface area contributed by atoms with E-state index >= 15 is 0 Å². The number of rotatable bonds is 6. The van der Waals surface area contributed by atoms with Crippen LogP contribution in [0.4, 0.5) is 18.9 Å². The van der Waals surface area contributed by atoms with Crippen LogP contribution in [0.1, 0.15) is 56.6 Å². The van der Waals surface area contributed by atoms with Crippen LogP contribution in [-0.2, 0) is 12.6 Å². The zero-order valence-corrected chi connectivity index (χ0v) is 25.1. The fraction of sp³-hybridized carbons (Fsp3) is 0.188. The number of anilines is 1. The summed E-state index contributed by atoms with van der Waals surface area (Å²) in [6.45, 7) is 0. The molecule has 0 fully saturated rings. The van der Waals surface area contributed by atoms with Crippen LogP contribution < -0.4 is 15.4 Å². The van der Waals surface area contributed by atoms with Gasteiger partial charge in [-0.25, -0.2) is 9.67 Å². The second-order valence-electron chi connectivity index (χ2n) is 10.4. The smallest absolute Gasteiger partial charge is 0.435 e. The number of methoxy groups -OCH3 is 1. The first-order chi connectivity index (χ1) is 21.5. The first kappa shape index (κ1) is 30.4. The summed E-state index contributed by atoms with van der Waals surface area (Å²) in [5.74, 6) is -1.01. The van der Waals surface area contributed by atoms with Gasteiger partial charge < -0.3 is 15.4 Å². The lowest BCUT2D eigenvalue weighted by molar-refractivity contribution is -0.141. The predicted octanol–water partition coefficient (Wildman–Crippen LogP) is 7.81. The molecule has 2 aromatic heterocycles. The van der Waals surface area contributed by atoms with E-state index in [1.54, 1.807) is 37.4 Å². The SMILES string of the molecule is COc1ccc2c(c1)CCCC2NC(=O)c1cc2ccccc2c(Cl)c1NC(=O)c1cc(C(F)(F)F)nn1-c1ncccc1Cl. The minimum absolute atomic E-state index is 0.0300. The van der Waals surface area contributed by atoms with Gasteiger partial charge in [0.1, 0.15) is 11.4 Å². The first-order valence-electron chi connectivity index (χ1n) is 13.8. The topological polar surface area (TPSA) is 98.1 Å². The molecule has 2 amide bonds. The molecule has 0 saturated heterocycles. The fourth-order valence-electron chi connectivity index (χ4n) is 5.46. The maximum Gasteiger partial charge on any atom is 0.435 e. The van der Waals surface area contributed by atoms with Crippen molar-refractivity contribution in [3.8, 4) is 11.6 Å². The summed E-state index contributed by atoms with van der Waals surface area (Å²) in [7, 11) is 1.59. The number of alkyl halides is 3. The highest BCUT2D eigenvalue weighted by atomic mass is 35.5. The average Bonchev–Trinajstić information content (AvgIpc) is 3.49. The number of carbonyl (C=O) groups excluding carboxylic acids is 2. The Morgan fingerprint density at radius 2 is 1.82 bits per heavy atom. The van der Waals surface area contributed by atoms with E-state index in [1.807, 2.05) is 18.2 Å². The predicted molar refractivity (Wildman–Crippen MR) is 164 cm³/mol. The van der Waals surface area contributed by atoms with Crippen molar-refractivity contribution < 1.29 is 27.5 Å². The number of nitrogens with one attached hydrogen (secondary N) is 2. The summed E-state index contributed by atoms with van der Waals surface area (Å²) in [5, 5.41) is 10.4. The van der Waals surface area contributed by atoms with Crippen LogP contribution in [0.2, 0.25) is 10.0 Å². The monoisotopic (exact) mass is 653 g/mol. The zero-order chi connectivity index (χ0) is 31.9. The molecule has 1 aliphatic rings. The average molecular weight is 654 g/mol. The molecule has 3 aromatic carbocycles. The molecule has 8 nitrogen and oxygen atoms in total. The largest absolute Gasteiger partial charge is 0.497 e. The van der Waals surface area contributed by atoms with Crippen LogP contribution in [-0.4, -0.2) is 33.7 Å². The van der Waals surface area contributed by atoms with Crippen molar-refractivity contribution in [2.45, 2.75) is 31.5 Å². The third-order valence-corrected chi connectivity index (χ3v) is 8.30. The molecule has 6 rings (SSSR count). The van der Waals surface area contributed by atoms with Crippen molar-refractivity contribution in [3.63, 3.8) is 0 Å². The molecule has 1 aliphatic carbocycles. The number of halogens is 5. The summed E-state index contributed by atoms with van der Waals surface area (Å²) < 4.78 is 47.2. The number of ether oxygens (including phenoxy) is 1. The van der Waals surface area contributed by atoms with Crippen molar-refractivity contribution in [2.75, 3.05) is 12.4 Å². The number of amides is 2. The second-order valence-corrected chi connectivity index (χ2v) is 11.2. The Morgan fingerprint density at radius 3 is 2.58 bits per heavy atom. The molecular weight excluding hydrogens is 630 g/mol. The van der Waals surface area contributed by atoms with Crippen LogP contribution in [0.25, 0.3) is 16.6 Å². The number of aryl methyl sites for hydroxylation is 1. The highest BCUT2D eigenvalue weighted by Gasteiger charge is 2.37. The minimum Gasteiger partial charge on any atom is -0.497 e. The molecule has 45 heavy (non-hydrogen) atoms. The molecule has 5 aromatic rings. The number of benzene rings is 3. The van der Waals surface area contributed by atoms with Crippen molar-refractivity contribution in [2.24, 2.45) is 0 Å². The van der Waals surface area contributed by atoms with Gasteiger partial charge in [0.25, 0.3) is 11.8 Å². The number of hydrogen-bond acceptors (Lipinski definition) is 5. The summed E-state index contributed by atoms with van der Waals surface area (Å²) in [6.07, 6.45) is -1.23. The van der Waals surface area contributed by atoms with Gasteiger partial charge in [-0.2, -0.15) is 18.3 Å². The van der Waals surface area contributed by atoms with E-state index in [-0.39, 0.29) is 33.2 Å². The zero-order valence-electron chi connectivity index (χ0n) is 23.6. The maximum atomic E-state index is 13.9. The Hall–Kier alpha value is -4.61. The summed E-state index contributed by atoms with van der Waals surface area (Å²) >= 11 is 13.0. The van der Waals surface area contributed by atoms with Crippen molar-refractivity contribution in [1.82, 2.24) is 20.1 Å². The van der Waals surface area contributed by atoms with Crippen LogP contribution in [0, 0.1) is 0 Å². The molecule has 0 aliphatic heterocycles. The Balaban J connectivity index is 1.41. The molecule has 0 saturated carbocycles. The van der Waals surface area contributed by atoms with Gasteiger partial charge >= 0.3 is 6.18 Å². The van der Waals surface area contributed by atoms with Gasteiger partial charge in [0.15, 0.2) is 11.5 Å². The van der Waals surface area contributed by atoms with Crippen LogP contribution in [0.15, 0.2) is 72.9 Å². The number of nitrogens with zero attached hydrogens (tertiary/aromatic N) is 3. The Morgan fingerprint density at radius 1 is 1.02 bits per heavy atom. The minimum atomic E-state index is -4.87. The molecule has 1 atom stereocenters. The van der Waals surface area contributed by atoms with Gasteiger partial charge in [-0.3, -0.25) is 9.59 Å². The first-order valence-corrected chi connectivity index (χ1v) is 14.6. The van der Waals surface area contributed by atoms with Gasteiger partial charge in [0.05, 0.1) is 34.4 Å². The van der Waals surface area contributed by atoms with Gasteiger partial charge in [0.2, 0.25) is 0 Å². The van der Waals surface area contributed by atoms with Crippen molar-refractivity contribution in [1.29, 1.82) is 0 Å². The fourth-order valence-corrected chi connectivity index (χ4v) is 5.98. The number of carbonyl (C=O) groups is 2. The third-order valence-electron chi connectivity index (χ3n) is 7.61. The summed E-state index contributed by atoms with van der Waals surface area (Å²) in [4.78, 5) is 31.6. The molecule has 13 heteroatoms. The lowest BCUT2D eigenvalue weighted by Crippen LogP contribution is -2.32. The standard InChI is InChI=1S/C32H24Cl2F3N5O3/c1-45-19-11-12-20-17(14-19)7-4-10-24(20)39-30(43)22-15-18-6-2-3-8-21(18)27(34)28(22)40-31(44)25-16-26(32(35,36)37)41-42(25)29-23(33)9-5-13-38-29/h2-3,5-6,8-9,11-16,24H,4,7,10H2,1H3,(H,39,43)(H,40,44). The normalized spacial score (nSPS) is 14.6. The molecule has 1 unspecified atom stereocenters. The van der Waals surface area contributed by atoms with Crippen molar-refractivity contribution >= 4 is 51.5 Å². The number of aromatic nitrogens is 3. The van der Waals surface area contributed by atoms with E-state index in [2.05, 4.69) is 20.7 Å². The molecule has 2 heterocycles.